The standard InChI is InChI=1S/C14H14N2O3S/c1-19-12-7-9(15)5-6-13(12)20-8-10-3-2-4-11(16-10)14(17)18/h2-7H,8,15H2,1H3,(H,17,18). The SMILES string of the molecule is COc1cc(N)ccc1SCc1cccc(C(=O)O)n1. The molecule has 0 fully saturated rings. The Morgan fingerprint density at radius 2 is 2.20 bits per heavy atom. The Morgan fingerprint density at radius 1 is 1.40 bits per heavy atom. The van der Waals surface area contributed by atoms with Crippen LogP contribution >= 0.6 is 11.8 Å². The summed E-state index contributed by atoms with van der Waals surface area (Å²) in [5.74, 6) is 0.229. The topological polar surface area (TPSA) is 85.4 Å². The number of hydrogen-bond acceptors (Lipinski definition) is 5. The smallest absolute Gasteiger partial charge is 0.354 e. The van der Waals surface area contributed by atoms with Crippen molar-refractivity contribution in [2.45, 2.75) is 10.6 Å². The highest BCUT2D eigenvalue weighted by Gasteiger charge is 2.08. The van der Waals surface area contributed by atoms with Crippen LogP contribution in [0, 0.1) is 0 Å². The van der Waals surface area contributed by atoms with Crippen LogP contribution in [0.3, 0.4) is 0 Å². The first-order valence-corrected chi connectivity index (χ1v) is 6.84. The van der Waals surface area contributed by atoms with Gasteiger partial charge in [0.2, 0.25) is 0 Å². The van der Waals surface area contributed by atoms with E-state index in [0.717, 1.165) is 4.90 Å². The van der Waals surface area contributed by atoms with Crippen LogP contribution in [0.4, 0.5) is 5.69 Å². The van der Waals surface area contributed by atoms with Crippen molar-refractivity contribution in [3.05, 3.63) is 47.8 Å². The van der Waals surface area contributed by atoms with E-state index in [1.54, 1.807) is 31.4 Å². The zero-order valence-corrected chi connectivity index (χ0v) is 11.7. The molecule has 6 heteroatoms. The molecule has 3 N–H and O–H groups in total. The number of nitrogens with zero attached hydrogens (tertiary/aromatic N) is 1. The Labute approximate surface area is 120 Å². The first-order valence-electron chi connectivity index (χ1n) is 5.85. The molecule has 0 unspecified atom stereocenters. The molecule has 1 aromatic heterocycles. The van der Waals surface area contributed by atoms with Gasteiger partial charge in [-0.25, -0.2) is 9.78 Å². The van der Waals surface area contributed by atoms with Crippen molar-refractivity contribution in [2.75, 3.05) is 12.8 Å². The Balaban J connectivity index is 2.12. The molecule has 20 heavy (non-hydrogen) atoms. The minimum atomic E-state index is -1.03. The number of aromatic carboxylic acids is 1. The zero-order valence-electron chi connectivity index (χ0n) is 10.9. The van der Waals surface area contributed by atoms with Crippen molar-refractivity contribution in [1.29, 1.82) is 0 Å². The highest BCUT2D eigenvalue weighted by Crippen LogP contribution is 2.32. The van der Waals surface area contributed by atoms with Crippen molar-refractivity contribution < 1.29 is 14.6 Å². The first-order chi connectivity index (χ1) is 9.60. The van der Waals surface area contributed by atoms with Crippen LogP contribution in [-0.2, 0) is 5.75 Å². The van der Waals surface area contributed by atoms with E-state index in [1.807, 2.05) is 6.07 Å². The number of carboxylic acid groups (broad SMARTS) is 1. The summed E-state index contributed by atoms with van der Waals surface area (Å²) >= 11 is 1.52. The van der Waals surface area contributed by atoms with Gasteiger partial charge < -0.3 is 15.6 Å². The Morgan fingerprint density at radius 3 is 2.90 bits per heavy atom. The molecule has 1 aromatic carbocycles. The molecule has 2 rings (SSSR count). The third-order valence-electron chi connectivity index (χ3n) is 2.59. The third-order valence-corrected chi connectivity index (χ3v) is 3.68. The lowest BCUT2D eigenvalue weighted by Gasteiger charge is -2.08. The predicted octanol–water partition coefficient (Wildman–Crippen LogP) is 2.66. The number of pyridine rings is 1. The van der Waals surface area contributed by atoms with Crippen molar-refractivity contribution in [3.63, 3.8) is 0 Å². The number of anilines is 1. The van der Waals surface area contributed by atoms with E-state index in [2.05, 4.69) is 4.98 Å². The number of methoxy groups -OCH3 is 1. The quantitative estimate of drug-likeness (QED) is 0.650. The summed E-state index contributed by atoms with van der Waals surface area (Å²) in [6.07, 6.45) is 0. The number of hydrogen-bond donors (Lipinski definition) is 2. The summed E-state index contributed by atoms with van der Waals surface area (Å²) in [4.78, 5) is 15.9. The highest BCUT2D eigenvalue weighted by atomic mass is 32.2. The number of benzene rings is 1. The molecule has 0 bridgehead atoms. The number of ether oxygens (including phenoxy) is 1. The van der Waals surface area contributed by atoms with Crippen molar-refractivity contribution in [3.8, 4) is 5.75 Å². The average Bonchev–Trinajstić information content (AvgIpc) is 2.46. The second kappa shape index (κ2) is 6.29. The number of nitrogen functional groups attached to an aromatic ring is 1. The molecule has 2 aromatic rings. The van der Waals surface area contributed by atoms with Gasteiger partial charge in [-0.1, -0.05) is 6.07 Å². The van der Waals surface area contributed by atoms with Crippen LogP contribution in [0.2, 0.25) is 0 Å². The molecule has 0 saturated carbocycles. The number of aromatic nitrogens is 1. The fourth-order valence-electron chi connectivity index (χ4n) is 1.63. The van der Waals surface area contributed by atoms with Crippen molar-refractivity contribution >= 4 is 23.4 Å². The van der Waals surface area contributed by atoms with Gasteiger partial charge in [0.05, 0.1) is 12.8 Å². The lowest BCUT2D eigenvalue weighted by atomic mass is 10.3. The van der Waals surface area contributed by atoms with Crippen molar-refractivity contribution in [1.82, 2.24) is 4.98 Å². The summed E-state index contributed by atoms with van der Waals surface area (Å²) in [5.41, 5.74) is 7.08. The van der Waals surface area contributed by atoms with Gasteiger partial charge in [0.25, 0.3) is 0 Å². The molecule has 0 spiro atoms. The minimum absolute atomic E-state index is 0.0485. The lowest BCUT2D eigenvalue weighted by Crippen LogP contribution is -2.01. The number of nitrogens with two attached hydrogens (primary N) is 1. The molecule has 0 radical (unpaired) electrons. The number of carboxylic acids is 1. The molecular weight excluding hydrogens is 276 g/mol. The molecule has 0 aliphatic carbocycles. The Hall–Kier alpha value is -2.21. The van der Waals surface area contributed by atoms with Crippen LogP contribution in [0.25, 0.3) is 0 Å². The van der Waals surface area contributed by atoms with E-state index in [0.29, 0.717) is 22.9 Å². The third kappa shape index (κ3) is 3.42. The molecular formula is C14H14N2O3S. The maximum Gasteiger partial charge on any atom is 0.354 e. The minimum Gasteiger partial charge on any atom is -0.496 e. The summed E-state index contributed by atoms with van der Waals surface area (Å²) in [5, 5.41) is 8.90. The summed E-state index contributed by atoms with van der Waals surface area (Å²) in [7, 11) is 1.59. The van der Waals surface area contributed by atoms with E-state index in [1.165, 1.54) is 17.8 Å². The average molecular weight is 290 g/mol. The molecule has 0 atom stereocenters. The van der Waals surface area contributed by atoms with Crippen LogP contribution in [0.15, 0.2) is 41.3 Å². The second-order valence-corrected chi connectivity index (χ2v) is 5.04. The van der Waals surface area contributed by atoms with Crippen molar-refractivity contribution in [2.24, 2.45) is 0 Å². The molecule has 0 amide bonds. The maximum absolute atomic E-state index is 10.9. The van der Waals surface area contributed by atoms with Gasteiger partial charge in [0.15, 0.2) is 0 Å². The van der Waals surface area contributed by atoms with E-state index in [-0.39, 0.29) is 5.69 Å². The highest BCUT2D eigenvalue weighted by molar-refractivity contribution is 7.98. The molecule has 0 aliphatic rings. The lowest BCUT2D eigenvalue weighted by molar-refractivity contribution is 0.0690. The number of thioether (sulfide) groups is 1. The van der Waals surface area contributed by atoms with Gasteiger partial charge >= 0.3 is 5.97 Å². The van der Waals surface area contributed by atoms with Gasteiger partial charge in [0.1, 0.15) is 11.4 Å². The van der Waals surface area contributed by atoms with Crippen LogP contribution in [0.1, 0.15) is 16.2 Å². The fraction of sp³-hybridized carbons (Fsp3) is 0.143. The van der Waals surface area contributed by atoms with Gasteiger partial charge in [0, 0.05) is 22.4 Å². The molecule has 0 saturated heterocycles. The first kappa shape index (κ1) is 14.2. The summed E-state index contributed by atoms with van der Waals surface area (Å²) in [6.45, 7) is 0. The second-order valence-electron chi connectivity index (χ2n) is 4.02. The normalized spacial score (nSPS) is 10.2. The Kier molecular flexibility index (Phi) is 4.47. The molecule has 5 nitrogen and oxygen atoms in total. The van der Waals surface area contributed by atoms with E-state index >= 15 is 0 Å². The summed E-state index contributed by atoms with van der Waals surface area (Å²) < 4.78 is 5.26. The van der Waals surface area contributed by atoms with Gasteiger partial charge in [-0.05, 0) is 24.3 Å². The van der Waals surface area contributed by atoms with Crippen LogP contribution in [-0.4, -0.2) is 23.2 Å². The van der Waals surface area contributed by atoms with Gasteiger partial charge in [-0.2, -0.15) is 0 Å². The van der Waals surface area contributed by atoms with Gasteiger partial charge in [-0.15, -0.1) is 11.8 Å². The fourth-order valence-corrected chi connectivity index (χ4v) is 2.55. The number of carbonyl (C=O) groups is 1. The molecule has 104 valence electrons. The predicted molar refractivity (Wildman–Crippen MR) is 78.2 cm³/mol. The molecule has 0 aliphatic heterocycles. The van der Waals surface area contributed by atoms with E-state index < -0.39 is 5.97 Å². The Bertz CT molecular complexity index is 632. The maximum atomic E-state index is 10.9. The van der Waals surface area contributed by atoms with E-state index in [4.69, 9.17) is 15.6 Å². The largest absolute Gasteiger partial charge is 0.496 e. The van der Waals surface area contributed by atoms with Crippen LogP contribution < -0.4 is 10.5 Å². The van der Waals surface area contributed by atoms with Gasteiger partial charge in [-0.3, -0.25) is 0 Å². The monoisotopic (exact) mass is 290 g/mol. The van der Waals surface area contributed by atoms with Crippen LogP contribution in [0.5, 0.6) is 5.75 Å². The molecule has 1 heterocycles. The number of rotatable bonds is 5. The summed E-state index contributed by atoms with van der Waals surface area (Å²) in [6, 6.07) is 10.4. The zero-order chi connectivity index (χ0) is 14.5. The van der Waals surface area contributed by atoms with E-state index in [9.17, 15) is 4.79 Å².